The van der Waals surface area contributed by atoms with E-state index >= 15 is 0 Å². The molecule has 8 nitrogen and oxygen atoms in total. The quantitative estimate of drug-likeness (QED) is 0.619. The molecule has 2 N–H and O–H groups in total. The molecule has 2 aromatic carbocycles. The zero-order chi connectivity index (χ0) is 25.4. The molecule has 0 saturated carbocycles. The van der Waals surface area contributed by atoms with E-state index < -0.39 is 17.7 Å². The molecule has 0 aromatic heterocycles. The van der Waals surface area contributed by atoms with Crippen LogP contribution in [0.5, 0.6) is 0 Å². The van der Waals surface area contributed by atoms with E-state index in [0.29, 0.717) is 44.8 Å². The van der Waals surface area contributed by atoms with Crippen molar-refractivity contribution < 1.29 is 24.2 Å². The predicted molar refractivity (Wildman–Crippen MR) is 133 cm³/mol. The summed E-state index contributed by atoms with van der Waals surface area (Å²) in [7, 11) is 0. The van der Waals surface area contributed by atoms with Crippen LogP contribution < -0.4 is 5.32 Å². The minimum Gasteiger partial charge on any atom is -0.380 e. The number of carbonyl (C=O) groups excluding carboxylic acids is 3. The summed E-state index contributed by atoms with van der Waals surface area (Å²) in [6.45, 7) is 5.72. The molecular formula is C28H33N3O5. The Labute approximate surface area is 211 Å². The predicted octanol–water partition coefficient (Wildman–Crippen LogP) is 2.19. The summed E-state index contributed by atoms with van der Waals surface area (Å²) in [5.41, 5.74) is 2.37. The number of nitrogens with one attached hydrogen (secondary N) is 1. The van der Waals surface area contributed by atoms with Crippen LogP contribution in [0.15, 0.2) is 48.5 Å². The first-order valence-electron chi connectivity index (χ1n) is 12.6. The summed E-state index contributed by atoms with van der Waals surface area (Å²) in [5.74, 6) is -0.562. The third kappa shape index (κ3) is 4.40. The largest absolute Gasteiger partial charge is 0.380 e. The van der Waals surface area contributed by atoms with Crippen molar-refractivity contribution in [2.75, 3.05) is 19.8 Å². The van der Waals surface area contributed by atoms with Crippen LogP contribution in [0.3, 0.4) is 0 Å². The van der Waals surface area contributed by atoms with Gasteiger partial charge in [0, 0.05) is 25.2 Å². The molecule has 0 spiro atoms. The lowest BCUT2D eigenvalue weighted by Crippen LogP contribution is -2.55. The minimum absolute atomic E-state index is 0.0885. The Balaban J connectivity index is 1.24. The molecule has 190 valence electrons. The third-order valence-electron chi connectivity index (χ3n) is 7.55. The standard InChI is InChI=1S/C28H33N3O5/c1-18(2)24(31-15-20-6-3-4-7-22(20)26(31)33)27(34)30-13-5-8-23(30)25(32)29-14-19-9-11-21(12-10-19)28(35)16-36-17-28/h3-4,6-7,9-12,18,23-24,35H,5,8,13-17H2,1-2H3,(H,29,32). The van der Waals surface area contributed by atoms with E-state index in [2.05, 4.69) is 5.32 Å². The number of hydrogen-bond acceptors (Lipinski definition) is 5. The van der Waals surface area contributed by atoms with Gasteiger partial charge in [0.05, 0.1) is 13.2 Å². The number of fused-ring (bicyclic) bond motifs is 1. The number of benzene rings is 2. The van der Waals surface area contributed by atoms with Crippen molar-refractivity contribution in [3.05, 3.63) is 70.8 Å². The molecule has 2 fully saturated rings. The molecule has 3 aliphatic heterocycles. The highest BCUT2D eigenvalue weighted by atomic mass is 16.5. The highest BCUT2D eigenvalue weighted by Gasteiger charge is 2.43. The Kier molecular flexibility index (Phi) is 6.57. The average Bonchev–Trinajstić information content (AvgIpc) is 3.47. The molecule has 2 atom stereocenters. The maximum atomic E-state index is 13.7. The molecule has 0 radical (unpaired) electrons. The number of hydrogen-bond donors (Lipinski definition) is 2. The van der Waals surface area contributed by atoms with Gasteiger partial charge in [0.2, 0.25) is 11.8 Å². The number of amides is 3. The Morgan fingerprint density at radius 1 is 1.14 bits per heavy atom. The maximum Gasteiger partial charge on any atom is 0.255 e. The zero-order valence-corrected chi connectivity index (χ0v) is 20.8. The molecule has 0 aliphatic carbocycles. The van der Waals surface area contributed by atoms with Gasteiger partial charge in [0.25, 0.3) is 5.91 Å². The van der Waals surface area contributed by atoms with E-state index in [1.165, 1.54) is 0 Å². The van der Waals surface area contributed by atoms with Crippen molar-refractivity contribution in [3.8, 4) is 0 Å². The SMILES string of the molecule is CC(C)C(C(=O)N1CCCC1C(=O)NCc1ccc(C2(O)COC2)cc1)N1Cc2ccccc2C1=O. The molecular weight excluding hydrogens is 458 g/mol. The molecule has 3 aliphatic rings. The average molecular weight is 492 g/mol. The number of aliphatic hydroxyl groups is 1. The summed E-state index contributed by atoms with van der Waals surface area (Å²) in [6.07, 6.45) is 1.35. The topological polar surface area (TPSA) is 99.2 Å². The van der Waals surface area contributed by atoms with Crippen LogP contribution in [0.2, 0.25) is 0 Å². The van der Waals surface area contributed by atoms with Crippen molar-refractivity contribution in [1.29, 1.82) is 0 Å². The van der Waals surface area contributed by atoms with Gasteiger partial charge in [-0.1, -0.05) is 56.3 Å². The van der Waals surface area contributed by atoms with Crippen LogP contribution in [-0.4, -0.2) is 64.5 Å². The fraction of sp³-hybridized carbons (Fsp3) is 0.464. The molecule has 8 heteroatoms. The van der Waals surface area contributed by atoms with Crippen molar-refractivity contribution in [2.45, 2.75) is 57.5 Å². The molecule has 2 saturated heterocycles. The molecule has 36 heavy (non-hydrogen) atoms. The minimum atomic E-state index is -0.919. The first-order valence-corrected chi connectivity index (χ1v) is 12.6. The van der Waals surface area contributed by atoms with Crippen LogP contribution in [0, 0.1) is 5.92 Å². The number of rotatable bonds is 7. The van der Waals surface area contributed by atoms with Crippen LogP contribution in [0.25, 0.3) is 0 Å². The van der Waals surface area contributed by atoms with E-state index in [1.54, 1.807) is 15.9 Å². The highest BCUT2D eigenvalue weighted by molar-refractivity contribution is 6.01. The van der Waals surface area contributed by atoms with Gasteiger partial charge in [-0.05, 0) is 41.5 Å². The number of ether oxygens (including phenoxy) is 1. The van der Waals surface area contributed by atoms with Gasteiger partial charge in [0.1, 0.15) is 17.7 Å². The number of carbonyl (C=O) groups is 3. The fourth-order valence-electron chi connectivity index (χ4n) is 5.45. The molecule has 3 heterocycles. The third-order valence-corrected chi connectivity index (χ3v) is 7.55. The van der Waals surface area contributed by atoms with E-state index in [0.717, 1.165) is 23.1 Å². The van der Waals surface area contributed by atoms with Crippen LogP contribution in [0.4, 0.5) is 0 Å². The van der Waals surface area contributed by atoms with E-state index in [1.807, 2.05) is 56.3 Å². The first-order chi connectivity index (χ1) is 17.3. The van der Waals surface area contributed by atoms with Crippen LogP contribution >= 0.6 is 0 Å². The second kappa shape index (κ2) is 9.67. The molecule has 5 rings (SSSR count). The molecule has 3 amide bonds. The van der Waals surface area contributed by atoms with Gasteiger partial charge in [-0.15, -0.1) is 0 Å². The second-order valence-electron chi connectivity index (χ2n) is 10.4. The maximum absolute atomic E-state index is 13.7. The number of likely N-dealkylation sites (tertiary alicyclic amines) is 1. The lowest BCUT2D eigenvalue weighted by molar-refractivity contribution is -0.184. The zero-order valence-electron chi connectivity index (χ0n) is 20.8. The summed E-state index contributed by atoms with van der Waals surface area (Å²) >= 11 is 0. The lowest BCUT2D eigenvalue weighted by Gasteiger charge is -2.36. The van der Waals surface area contributed by atoms with E-state index in [-0.39, 0.29) is 23.6 Å². The van der Waals surface area contributed by atoms with Gasteiger partial charge >= 0.3 is 0 Å². The normalized spacial score (nSPS) is 21.3. The van der Waals surface area contributed by atoms with E-state index in [4.69, 9.17) is 4.74 Å². The smallest absolute Gasteiger partial charge is 0.255 e. The second-order valence-corrected chi connectivity index (χ2v) is 10.4. The van der Waals surface area contributed by atoms with Crippen molar-refractivity contribution in [3.63, 3.8) is 0 Å². The Morgan fingerprint density at radius 2 is 1.86 bits per heavy atom. The van der Waals surface area contributed by atoms with Gasteiger partial charge in [-0.25, -0.2) is 0 Å². The van der Waals surface area contributed by atoms with E-state index in [9.17, 15) is 19.5 Å². The van der Waals surface area contributed by atoms with Crippen molar-refractivity contribution in [2.24, 2.45) is 5.92 Å². The van der Waals surface area contributed by atoms with Gasteiger partial charge < -0.3 is 25.0 Å². The molecule has 0 bridgehead atoms. The Bertz CT molecular complexity index is 1160. The van der Waals surface area contributed by atoms with Crippen LogP contribution in [0.1, 0.15) is 53.7 Å². The van der Waals surface area contributed by atoms with Gasteiger partial charge in [0.15, 0.2) is 0 Å². The summed E-state index contributed by atoms with van der Waals surface area (Å²) in [6, 6.07) is 13.8. The lowest BCUT2D eigenvalue weighted by atomic mass is 9.91. The fourth-order valence-corrected chi connectivity index (χ4v) is 5.45. The summed E-state index contributed by atoms with van der Waals surface area (Å²) in [5, 5.41) is 13.4. The van der Waals surface area contributed by atoms with Crippen molar-refractivity contribution in [1.82, 2.24) is 15.1 Å². The molecule has 2 aromatic rings. The van der Waals surface area contributed by atoms with Crippen molar-refractivity contribution >= 4 is 17.7 Å². The highest BCUT2D eigenvalue weighted by Crippen LogP contribution is 2.31. The summed E-state index contributed by atoms with van der Waals surface area (Å²) in [4.78, 5) is 43.3. The van der Waals surface area contributed by atoms with Gasteiger partial charge in [-0.2, -0.15) is 0 Å². The number of nitrogens with zero attached hydrogens (tertiary/aromatic N) is 2. The Hall–Kier alpha value is -3.23. The van der Waals surface area contributed by atoms with Gasteiger partial charge in [-0.3, -0.25) is 14.4 Å². The van der Waals surface area contributed by atoms with Crippen LogP contribution in [-0.2, 0) is 33.0 Å². The Morgan fingerprint density at radius 3 is 2.50 bits per heavy atom. The molecule has 2 unspecified atom stereocenters. The monoisotopic (exact) mass is 491 g/mol. The summed E-state index contributed by atoms with van der Waals surface area (Å²) < 4.78 is 5.11. The first kappa shape index (κ1) is 24.5.